The van der Waals surface area contributed by atoms with Crippen LogP contribution in [0.4, 0.5) is 0 Å². The molecule has 0 spiro atoms. The second kappa shape index (κ2) is 5.41. The van der Waals surface area contributed by atoms with E-state index in [0.717, 1.165) is 31.6 Å². The lowest BCUT2D eigenvalue weighted by atomic mass is 9.74. The van der Waals surface area contributed by atoms with Crippen molar-refractivity contribution in [2.45, 2.75) is 52.6 Å². The monoisotopic (exact) mass is 282 g/mol. The van der Waals surface area contributed by atoms with Gasteiger partial charge in [-0.05, 0) is 43.2 Å². The Kier molecular flexibility index (Phi) is 4.21. The van der Waals surface area contributed by atoms with Crippen LogP contribution in [0.2, 0.25) is 0 Å². The van der Waals surface area contributed by atoms with E-state index in [2.05, 4.69) is 31.4 Å². The molecule has 4 heteroatoms. The van der Waals surface area contributed by atoms with Gasteiger partial charge in [0.15, 0.2) is 0 Å². The van der Waals surface area contributed by atoms with Crippen molar-refractivity contribution in [3.05, 3.63) is 23.0 Å². The smallest absolute Gasteiger partial charge is 0.0318 e. The minimum Gasteiger partial charge on any atom is -0.348 e. The van der Waals surface area contributed by atoms with Gasteiger partial charge >= 0.3 is 0 Å². The summed E-state index contributed by atoms with van der Waals surface area (Å²) >= 11 is 0. The normalized spacial score (nSPS) is 23.1. The maximum Gasteiger partial charge on any atom is 0.0318 e. The maximum absolute atomic E-state index is 11.2. The van der Waals surface area contributed by atoms with Gasteiger partial charge in [0.2, 0.25) is 0 Å². The van der Waals surface area contributed by atoms with Crippen molar-refractivity contribution in [1.29, 1.82) is 0 Å². The third-order valence-electron chi connectivity index (χ3n) is 4.08. The van der Waals surface area contributed by atoms with Gasteiger partial charge in [0.05, 0.1) is 0 Å². The van der Waals surface area contributed by atoms with Crippen molar-refractivity contribution in [3.8, 4) is 0 Å². The van der Waals surface area contributed by atoms with Crippen molar-refractivity contribution in [2.75, 3.05) is 12.0 Å². The largest absolute Gasteiger partial charge is 0.348 e. The average molecular weight is 282 g/mol. The van der Waals surface area contributed by atoms with Crippen molar-refractivity contribution in [3.63, 3.8) is 0 Å². The highest BCUT2D eigenvalue weighted by Crippen LogP contribution is 2.40. The molecule has 3 nitrogen and oxygen atoms in total. The Hall–Kier alpha value is -0.610. The molecule has 2 rings (SSSR count). The zero-order chi connectivity index (χ0) is 14.2. The van der Waals surface area contributed by atoms with Gasteiger partial charge in [-0.3, -0.25) is 4.21 Å². The van der Waals surface area contributed by atoms with Crippen LogP contribution in [0.3, 0.4) is 0 Å². The van der Waals surface area contributed by atoms with E-state index in [4.69, 9.17) is 5.73 Å². The lowest BCUT2D eigenvalue weighted by Gasteiger charge is -2.34. The van der Waals surface area contributed by atoms with Crippen LogP contribution in [-0.4, -0.2) is 20.8 Å². The quantitative estimate of drug-likeness (QED) is 0.922. The van der Waals surface area contributed by atoms with Gasteiger partial charge in [0, 0.05) is 46.8 Å². The SMILES string of the molecule is Cc1cc2c(n1CCCS(C)=O)CC(C)(C)CC2N. The first kappa shape index (κ1) is 14.8. The van der Waals surface area contributed by atoms with E-state index in [1.54, 1.807) is 6.26 Å². The fourth-order valence-corrected chi connectivity index (χ4v) is 3.78. The van der Waals surface area contributed by atoms with Gasteiger partial charge in [-0.25, -0.2) is 0 Å². The summed E-state index contributed by atoms with van der Waals surface area (Å²) in [5.41, 5.74) is 10.6. The van der Waals surface area contributed by atoms with Gasteiger partial charge in [-0.2, -0.15) is 0 Å². The number of hydrogen-bond acceptors (Lipinski definition) is 2. The third kappa shape index (κ3) is 3.29. The summed E-state index contributed by atoms with van der Waals surface area (Å²) in [6.07, 6.45) is 4.90. The second-order valence-corrected chi connectivity index (χ2v) is 8.18. The van der Waals surface area contributed by atoms with Crippen molar-refractivity contribution < 1.29 is 4.21 Å². The first-order valence-corrected chi connectivity index (χ1v) is 8.77. The summed E-state index contributed by atoms with van der Waals surface area (Å²) in [6, 6.07) is 2.41. The van der Waals surface area contributed by atoms with E-state index >= 15 is 0 Å². The molecule has 1 aliphatic carbocycles. The summed E-state index contributed by atoms with van der Waals surface area (Å²) in [5, 5.41) is 0. The van der Waals surface area contributed by atoms with E-state index in [1.807, 2.05) is 0 Å². The van der Waals surface area contributed by atoms with Gasteiger partial charge in [-0.15, -0.1) is 0 Å². The first-order chi connectivity index (χ1) is 8.80. The molecule has 0 radical (unpaired) electrons. The Balaban J connectivity index is 2.23. The Morgan fingerprint density at radius 1 is 1.53 bits per heavy atom. The number of nitrogens with zero attached hydrogens (tertiary/aromatic N) is 1. The van der Waals surface area contributed by atoms with E-state index < -0.39 is 10.8 Å². The molecule has 108 valence electrons. The Morgan fingerprint density at radius 3 is 2.84 bits per heavy atom. The molecule has 0 fully saturated rings. The molecule has 1 heterocycles. The molecule has 2 unspecified atom stereocenters. The Morgan fingerprint density at radius 2 is 2.21 bits per heavy atom. The fourth-order valence-electron chi connectivity index (χ4n) is 3.24. The van der Waals surface area contributed by atoms with Gasteiger partial charge in [-0.1, -0.05) is 13.8 Å². The topological polar surface area (TPSA) is 48.0 Å². The van der Waals surface area contributed by atoms with Crippen LogP contribution in [0, 0.1) is 12.3 Å². The fraction of sp³-hybridized carbons (Fsp3) is 0.733. The molecular formula is C15H26N2OS. The molecule has 1 aromatic rings. The molecule has 1 aliphatic rings. The molecule has 19 heavy (non-hydrogen) atoms. The predicted molar refractivity (Wildman–Crippen MR) is 81.7 cm³/mol. The lowest BCUT2D eigenvalue weighted by molar-refractivity contribution is 0.275. The van der Waals surface area contributed by atoms with Crippen LogP contribution >= 0.6 is 0 Å². The maximum atomic E-state index is 11.2. The predicted octanol–water partition coefficient (Wildman–Crippen LogP) is 2.54. The molecule has 0 aliphatic heterocycles. The van der Waals surface area contributed by atoms with E-state index in [1.165, 1.54) is 17.0 Å². The number of aromatic nitrogens is 1. The highest BCUT2D eigenvalue weighted by molar-refractivity contribution is 7.84. The molecule has 0 saturated carbocycles. The minimum atomic E-state index is -0.696. The average Bonchev–Trinajstić information content (AvgIpc) is 2.55. The summed E-state index contributed by atoms with van der Waals surface area (Å²) in [4.78, 5) is 0. The Labute approximate surface area is 119 Å². The van der Waals surface area contributed by atoms with E-state index in [-0.39, 0.29) is 11.5 Å². The van der Waals surface area contributed by atoms with Crippen LogP contribution in [0.5, 0.6) is 0 Å². The standard InChI is InChI=1S/C15H26N2OS/c1-11-8-12-13(16)9-15(2,3)10-14(12)17(11)6-5-7-19(4)18/h8,13H,5-7,9-10,16H2,1-4H3. The van der Waals surface area contributed by atoms with Crippen LogP contribution in [0.1, 0.15) is 49.7 Å². The molecule has 1 aromatic heterocycles. The molecule has 2 atom stereocenters. The molecule has 0 amide bonds. The number of aryl methyl sites for hydroxylation is 1. The highest BCUT2D eigenvalue weighted by Gasteiger charge is 2.33. The molecule has 2 N–H and O–H groups in total. The van der Waals surface area contributed by atoms with Crippen molar-refractivity contribution >= 4 is 10.8 Å². The second-order valence-electron chi connectivity index (χ2n) is 6.62. The third-order valence-corrected chi connectivity index (χ3v) is 4.94. The van der Waals surface area contributed by atoms with Crippen molar-refractivity contribution in [1.82, 2.24) is 4.57 Å². The van der Waals surface area contributed by atoms with E-state index in [0.29, 0.717) is 0 Å². The van der Waals surface area contributed by atoms with Gasteiger partial charge < -0.3 is 10.3 Å². The molecule has 0 bridgehead atoms. The van der Waals surface area contributed by atoms with Crippen LogP contribution < -0.4 is 5.73 Å². The zero-order valence-corrected chi connectivity index (χ0v) is 13.3. The number of fused-ring (bicyclic) bond motifs is 1. The number of hydrogen-bond donors (Lipinski definition) is 1. The van der Waals surface area contributed by atoms with E-state index in [9.17, 15) is 4.21 Å². The van der Waals surface area contributed by atoms with Gasteiger partial charge in [0.25, 0.3) is 0 Å². The lowest BCUT2D eigenvalue weighted by Crippen LogP contribution is -2.30. The minimum absolute atomic E-state index is 0.166. The number of nitrogens with two attached hydrogens (primary N) is 1. The van der Waals surface area contributed by atoms with Gasteiger partial charge in [0.1, 0.15) is 0 Å². The number of rotatable bonds is 4. The summed E-state index contributed by atoms with van der Waals surface area (Å²) in [6.45, 7) is 7.71. The summed E-state index contributed by atoms with van der Waals surface area (Å²) < 4.78 is 13.6. The van der Waals surface area contributed by atoms with Crippen LogP contribution in [0.15, 0.2) is 6.07 Å². The highest BCUT2D eigenvalue weighted by atomic mass is 32.2. The van der Waals surface area contributed by atoms with Crippen LogP contribution in [0.25, 0.3) is 0 Å². The summed E-state index contributed by atoms with van der Waals surface area (Å²) in [5.74, 6) is 0.780. The van der Waals surface area contributed by atoms with Crippen LogP contribution in [-0.2, 0) is 23.8 Å². The Bertz CT molecular complexity index is 491. The molecular weight excluding hydrogens is 256 g/mol. The van der Waals surface area contributed by atoms with Crippen molar-refractivity contribution in [2.24, 2.45) is 11.1 Å². The molecule has 0 aromatic carbocycles. The molecule has 0 saturated heterocycles. The first-order valence-electron chi connectivity index (χ1n) is 7.05. The zero-order valence-electron chi connectivity index (χ0n) is 12.5. The summed E-state index contributed by atoms with van der Waals surface area (Å²) in [7, 11) is -0.696.